The van der Waals surface area contributed by atoms with E-state index >= 15 is 0 Å². The van der Waals surface area contributed by atoms with E-state index in [2.05, 4.69) is 5.32 Å². The quantitative estimate of drug-likeness (QED) is 0.840. The van der Waals surface area contributed by atoms with Crippen molar-refractivity contribution in [1.29, 1.82) is 0 Å². The van der Waals surface area contributed by atoms with Crippen LogP contribution in [0.25, 0.3) is 0 Å². The van der Waals surface area contributed by atoms with Crippen molar-refractivity contribution >= 4 is 5.91 Å². The van der Waals surface area contributed by atoms with Crippen LogP contribution in [0.2, 0.25) is 0 Å². The number of amides is 1. The molecule has 1 N–H and O–H groups in total. The van der Waals surface area contributed by atoms with Gasteiger partial charge in [0.25, 0.3) is 0 Å². The maximum Gasteiger partial charge on any atom is 0.406 e. The maximum absolute atomic E-state index is 12.7. The normalized spacial score (nSPS) is 13.0. The van der Waals surface area contributed by atoms with E-state index in [1.165, 1.54) is 0 Å². The van der Waals surface area contributed by atoms with Crippen molar-refractivity contribution < 1.29 is 18.0 Å². The van der Waals surface area contributed by atoms with Gasteiger partial charge in [-0.3, -0.25) is 4.79 Å². The van der Waals surface area contributed by atoms with Crippen molar-refractivity contribution in [1.82, 2.24) is 10.2 Å². The Bertz CT molecular complexity index is 434. The first-order valence-corrected chi connectivity index (χ1v) is 6.93. The van der Waals surface area contributed by atoms with Gasteiger partial charge in [0.15, 0.2) is 0 Å². The summed E-state index contributed by atoms with van der Waals surface area (Å²) < 4.78 is 38.0. The summed E-state index contributed by atoms with van der Waals surface area (Å²) in [6.45, 7) is 3.31. The highest BCUT2D eigenvalue weighted by Crippen LogP contribution is 2.19. The second-order valence-corrected chi connectivity index (χ2v) is 5.00. The minimum Gasteiger partial charge on any atom is -0.329 e. The van der Waals surface area contributed by atoms with Crippen LogP contribution in [-0.2, 0) is 11.3 Å². The van der Waals surface area contributed by atoms with Gasteiger partial charge in [-0.1, -0.05) is 44.2 Å². The number of nitrogens with zero attached hydrogens (tertiary/aromatic N) is 1. The molecule has 118 valence electrons. The Morgan fingerprint density at radius 3 is 2.43 bits per heavy atom. The Morgan fingerprint density at radius 1 is 1.29 bits per heavy atom. The molecule has 1 amide bonds. The lowest BCUT2D eigenvalue weighted by molar-refractivity contribution is -0.164. The Morgan fingerprint density at radius 2 is 1.90 bits per heavy atom. The average molecular weight is 302 g/mol. The minimum atomic E-state index is -4.40. The molecule has 1 atom stereocenters. The van der Waals surface area contributed by atoms with Gasteiger partial charge < -0.3 is 10.2 Å². The topological polar surface area (TPSA) is 32.3 Å². The molecule has 1 aromatic carbocycles. The molecular weight excluding hydrogens is 281 g/mol. The first-order chi connectivity index (χ1) is 9.83. The van der Waals surface area contributed by atoms with E-state index in [4.69, 9.17) is 0 Å². The predicted molar refractivity (Wildman–Crippen MR) is 75.6 cm³/mol. The second-order valence-electron chi connectivity index (χ2n) is 5.00. The SMILES string of the molecule is CCNCC(C)C(=O)N(Cc1ccccc1)CC(F)(F)F. The summed E-state index contributed by atoms with van der Waals surface area (Å²) in [5.74, 6) is -0.979. The minimum absolute atomic E-state index is 0.0321. The molecule has 0 fully saturated rings. The average Bonchev–Trinajstić information content (AvgIpc) is 2.43. The van der Waals surface area contributed by atoms with Gasteiger partial charge in [0.05, 0.1) is 0 Å². The molecule has 3 nitrogen and oxygen atoms in total. The van der Waals surface area contributed by atoms with Crippen molar-refractivity contribution in [3.8, 4) is 0 Å². The number of carbonyl (C=O) groups is 1. The van der Waals surface area contributed by atoms with E-state index in [1.54, 1.807) is 37.3 Å². The molecule has 0 spiro atoms. The lowest BCUT2D eigenvalue weighted by atomic mass is 10.1. The van der Waals surface area contributed by atoms with Gasteiger partial charge in [0.1, 0.15) is 6.54 Å². The van der Waals surface area contributed by atoms with Gasteiger partial charge in [-0.25, -0.2) is 0 Å². The summed E-state index contributed by atoms with van der Waals surface area (Å²) in [4.78, 5) is 13.1. The molecule has 6 heteroatoms. The fraction of sp³-hybridized carbons (Fsp3) is 0.533. The molecule has 0 heterocycles. The molecule has 0 radical (unpaired) electrons. The van der Waals surface area contributed by atoms with E-state index < -0.39 is 24.5 Å². The molecule has 0 aliphatic carbocycles. The fourth-order valence-electron chi connectivity index (χ4n) is 1.99. The van der Waals surface area contributed by atoms with Crippen LogP contribution in [0.3, 0.4) is 0 Å². The van der Waals surface area contributed by atoms with Crippen LogP contribution < -0.4 is 5.32 Å². The highest BCUT2D eigenvalue weighted by Gasteiger charge is 2.34. The summed E-state index contributed by atoms with van der Waals surface area (Å²) >= 11 is 0. The van der Waals surface area contributed by atoms with E-state index in [0.29, 0.717) is 18.7 Å². The summed E-state index contributed by atoms with van der Waals surface area (Å²) in [5, 5.41) is 2.98. The third kappa shape index (κ3) is 6.62. The largest absolute Gasteiger partial charge is 0.406 e. The van der Waals surface area contributed by atoms with Crippen LogP contribution in [0.1, 0.15) is 19.4 Å². The van der Waals surface area contributed by atoms with Gasteiger partial charge in [-0.2, -0.15) is 13.2 Å². The van der Waals surface area contributed by atoms with E-state index in [-0.39, 0.29) is 6.54 Å². The number of carbonyl (C=O) groups excluding carboxylic acids is 1. The fourth-order valence-corrected chi connectivity index (χ4v) is 1.99. The van der Waals surface area contributed by atoms with Crippen molar-refractivity contribution in [2.75, 3.05) is 19.6 Å². The first-order valence-electron chi connectivity index (χ1n) is 6.93. The van der Waals surface area contributed by atoms with Crippen LogP contribution >= 0.6 is 0 Å². The highest BCUT2D eigenvalue weighted by molar-refractivity contribution is 5.78. The first kappa shape index (κ1) is 17.5. The third-order valence-electron chi connectivity index (χ3n) is 3.02. The zero-order chi connectivity index (χ0) is 15.9. The summed E-state index contributed by atoms with van der Waals surface area (Å²) in [5.41, 5.74) is 0.686. The van der Waals surface area contributed by atoms with E-state index in [0.717, 1.165) is 4.90 Å². The summed E-state index contributed by atoms with van der Waals surface area (Å²) in [7, 11) is 0. The monoisotopic (exact) mass is 302 g/mol. The molecule has 0 saturated heterocycles. The van der Waals surface area contributed by atoms with Crippen molar-refractivity contribution in [3.63, 3.8) is 0 Å². The number of halogens is 3. The molecule has 1 unspecified atom stereocenters. The predicted octanol–water partition coefficient (Wildman–Crippen LogP) is 2.82. The number of alkyl halides is 3. The van der Waals surface area contributed by atoms with Crippen molar-refractivity contribution in [3.05, 3.63) is 35.9 Å². The Kier molecular flexibility index (Phi) is 6.68. The number of benzene rings is 1. The van der Waals surface area contributed by atoms with E-state index in [9.17, 15) is 18.0 Å². The molecule has 0 aliphatic heterocycles. The maximum atomic E-state index is 12.7. The number of hydrogen-bond donors (Lipinski definition) is 1. The van der Waals surface area contributed by atoms with Crippen LogP contribution in [-0.4, -0.2) is 36.6 Å². The standard InChI is InChI=1S/C15H21F3N2O/c1-3-19-9-12(2)14(21)20(11-15(16,17)18)10-13-7-5-4-6-8-13/h4-8,12,19H,3,9-11H2,1-2H3. The lowest BCUT2D eigenvalue weighted by Gasteiger charge is -2.27. The molecule has 0 aromatic heterocycles. The van der Waals surface area contributed by atoms with Gasteiger partial charge in [0, 0.05) is 19.0 Å². The van der Waals surface area contributed by atoms with Crippen molar-refractivity contribution in [2.24, 2.45) is 5.92 Å². The number of nitrogens with one attached hydrogen (secondary N) is 1. The van der Waals surface area contributed by atoms with Gasteiger partial charge >= 0.3 is 6.18 Å². The van der Waals surface area contributed by atoms with Crippen LogP contribution in [0, 0.1) is 5.92 Å². The summed E-state index contributed by atoms with van der Waals surface area (Å²) in [6, 6.07) is 8.70. The van der Waals surface area contributed by atoms with Gasteiger partial charge in [-0.15, -0.1) is 0 Å². The number of hydrogen-bond acceptors (Lipinski definition) is 2. The van der Waals surface area contributed by atoms with Gasteiger partial charge in [-0.05, 0) is 12.1 Å². The van der Waals surface area contributed by atoms with Crippen LogP contribution in [0.5, 0.6) is 0 Å². The number of rotatable bonds is 7. The zero-order valence-electron chi connectivity index (χ0n) is 12.3. The Hall–Kier alpha value is -1.56. The van der Waals surface area contributed by atoms with Crippen LogP contribution in [0.4, 0.5) is 13.2 Å². The smallest absolute Gasteiger partial charge is 0.329 e. The molecule has 0 bridgehead atoms. The van der Waals surface area contributed by atoms with Crippen LogP contribution in [0.15, 0.2) is 30.3 Å². The van der Waals surface area contributed by atoms with Crippen molar-refractivity contribution in [2.45, 2.75) is 26.6 Å². The Balaban J connectivity index is 2.79. The Labute approximate surface area is 123 Å². The van der Waals surface area contributed by atoms with E-state index in [1.807, 2.05) is 6.92 Å². The molecule has 0 aliphatic rings. The summed E-state index contributed by atoms with van der Waals surface area (Å²) in [6.07, 6.45) is -4.40. The molecule has 1 aromatic rings. The molecule has 21 heavy (non-hydrogen) atoms. The molecular formula is C15H21F3N2O. The highest BCUT2D eigenvalue weighted by atomic mass is 19.4. The van der Waals surface area contributed by atoms with Gasteiger partial charge in [0.2, 0.25) is 5.91 Å². The molecule has 0 saturated carbocycles. The lowest BCUT2D eigenvalue weighted by Crippen LogP contribution is -2.43. The molecule has 1 rings (SSSR count). The second kappa shape index (κ2) is 8.02. The third-order valence-corrected chi connectivity index (χ3v) is 3.02. The zero-order valence-corrected chi connectivity index (χ0v) is 12.3.